The number of fused-ring (bicyclic) bond motifs is 1. The largest absolute Gasteiger partial charge is 0.497 e. The van der Waals surface area contributed by atoms with Gasteiger partial charge in [0, 0.05) is 22.6 Å². The van der Waals surface area contributed by atoms with Crippen LogP contribution in [0.25, 0.3) is 10.9 Å². The van der Waals surface area contributed by atoms with E-state index >= 15 is 0 Å². The van der Waals surface area contributed by atoms with Crippen molar-refractivity contribution in [1.82, 2.24) is 4.57 Å². The molecule has 0 spiro atoms. The zero-order valence-corrected chi connectivity index (χ0v) is 15.9. The Kier molecular flexibility index (Phi) is 3.83. The van der Waals surface area contributed by atoms with Crippen LogP contribution in [0.2, 0.25) is 0 Å². The van der Waals surface area contributed by atoms with Crippen LogP contribution in [0.5, 0.6) is 0 Å². The average molecular weight is 342 g/mol. The van der Waals surface area contributed by atoms with Crippen LogP contribution >= 0.6 is 0 Å². The maximum atomic E-state index is 14.2. The van der Waals surface area contributed by atoms with Crippen molar-refractivity contribution in [2.45, 2.75) is 65.2 Å². The Morgan fingerprint density at radius 3 is 2.16 bits per heavy atom. The molecule has 1 aliphatic rings. The van der Waals surface area contributed by atoms with Crippen molar-refractivity contribution in [3.63, 3.8) is 0 Å². The van der Waals surface area contributed by atoms with Gasteiger partial charge in [0.1, 0.15) is 17.4 Å². The lowest BCUT2D eigenvalue weighted by molar-refractivity contribution is 0.00578. The molecule has 4 nitrogen and oxygen atoms in total. The Labute approximate surface area is 148 Å². The summed E-state index contributed by atoms with van der Waals surface area (Å²) in [7, 11) is -0.562. The minimum atomic E-state index is -0.562. The molecule has 132 valence electrons. The molecule has 0 saturated carbocycles. The average Bonchev–Trinajstić information content (AvgIpc) is 2.94. The van der Waals surface area contributed by atoms with Gasteiger partial charge >= 0.3 is 7.12 Å². The van der Waals surface area contributed by atoms with Crippen LogP contribution in [0.4, 0.5) is 4.39 Å². The molecule has 1 aliphatic heterocycles. The van der Waals surface area contributed by atoms with Crippen LogP contribution in [-0.4, -0.2) is 22.9 Å². The van der Waals surface area contributed by atoms with Gasteiger partial charge < -0.3 is 13.9 Å². The number of aromatic nitrogens is 1. The zero-order chi connectivity index (χ0) is 18.8. The molecular weight excluding hydrogens is 318 g/mol. The Balaban J connectivity index is 2.27. The highest BCUT2D eigenvalue weighted by Gasteiger charge is 2.52. The molecule has 6 heteroatoms. The summed E-state index contributed by atoms with van der Waals surface area (Å²) in [6.07, 6.45) is 1.92. The maximum absolute atomic E-state index is 14.2. The van der Waals surface area contributed by atoms with Gasteiger partial charge in [-0.3, -0.25) is 0 Å². The first-order valence-corrected chi connectivity index (χ1v) is 8.49. The van der Waals surface area contributed by atoms with E-state index in [0.717, 1.165) is 10.8 Å². The Morgan fingerprint density at radius 1 is 1.12 bits per heavy atom. The SMILES string of the molecule is CC(C)(C)n1cc(B2OC(C)(C)C(C)(C)O2)c2ccc(F)c(C#N)c21. The van der Waals surface area contributed by atoms with Gasteiger partial charge in [0.2, 0.25) is 0 Å². The zero-order valence-electron chi connectivity index (χ0n) is 15.9. The summed E-state index contributed by atoms with van der Waals surface area (Å²) in [6, 6.07) is 5.05. The highest BCUT2D eigenvalue weighted by Crippen LogP contribution is 2.38. The smallest absolute Gasteiger partial charge is 0.399 e. The van der Waals surface area contributed by atoms with Gasteiger partial charge in [0.25, 0.3) is 0 Å². The van der Waals surface area contributed by atoms with Gasteiger partial charge in [-0.25, -0.2) is 4.39 Å². The second-order valence-corrected chi connectivity index (χ2v) is 8.64. The highest BCUT2D eigenvalue weighted by molar-refractivity contribution is 6.65. The lowest BCUT2D eigenvalue weighted by atomic mass is 9.79. The second-order valence-electron chi connectivity index (χ2n) is 8.64. The summed E-state index contributed by atoms with van der Waals surface area (Å²) in [5.74, 6) is -0.515. The number of nitriles is 1. The number of nitrogens with zero attached hydrogens (tertiary/aromatic N) is 2. The van der Waals surface area contributed by atoms with Crippen molar-refractivity contribution in [3.8, 4) is 6.07 Å². The molecule has 1 aromatic carbocycles. The Morgan fingerprint density at radius 2 is 1.68 bits per heavy atom. The van der Waals surface area contributed by atoms with Gasteiger partial charge in [-0.05, 0) is 54.5 Å². The van der Waals surface area contributed by atoms with Crippen molar-refractivity contribution in [2.75, 3.05) is 0 Å². The molecule has 1 aromatic heterocycles. The van der Waals surface area contributed by atoms with E-state index in [2.05, 4.69) is 0 Å². The number of rotatable bonds is 1. The molecule has 2 aromatic rings. The molecule has 25 heavy (non-hydrogen) atoms. The second kappa shape index (κ2) is 5.33. The van der Waals surface area contributed by atoms with Gasteiger partial charge in [-0.1, -0.05) is 6.07 Å². The van der Waals surface area contributed by atoms with Crippen molar-refractivity contribution >= 4 is 23.5 Å². The molecule has 0 bridgehead atoms. The van der Waals surface area contributed by atoms with Gasteiger partial charge in [0.15, 0.2) is 0 Å². The third kappa shape index (κ3) is 2.66. The molecule has 1 saturated heterocycles. The highest BCUT2D eigenvalue weighted by atomic mass is 19.1. The minimum absolute atomic E-state index is 0.0511. The van der Waals surface area contributed by atoms with Crippen molar-refractivity contribution in [3.05, 3.63) is 29.7 Å². The molecular formula is C19H24BFN2O2. The molecule has 0 unspecified atom stereocenters. The normalized spacial score (nSPS) is 19.4. The summed E-state index contributed by atoms with van der Waals surface area (Å²) < 4.78 is 28.5. The summed E-state index contributed by atoms with van der Waals surface area (Å²) in [4.78, 5) is 0. The van der Waals surface area contributed by atoms with Crippen LogP contribution in [-0.2, 0) is 14.8 Å². The summed E-state index contributed by atoms with van der Waals surface area (Å²) in [5, 5.41) is 10.3. The standard InChI is InChI=1S/C19H24BFN2O2/c1-17(2,3)23-11-14(20-24-18(4,5)19(6,7)25-20)12-8-9-15(21)13(10-22)16(12)23/h8-9,11H,1-7H3. The Bertz CT molecular complexity index is 871. The van der Waals surface area contributed by atoms with Gasteiger partial charge in [-0.15, -0.1) is 0 Å². The van der Waals surface area contributed by atoms with Crippen LogP contribution in [0.3, 0.4) is 0 Å². The van der Waals surface area contributed by atoms with Crippen molar-refractivity contribution in [1.29, 1.82) is 5.26 Å². The molecule has 0 radical (unpaired) electrons. The third-order valence-corrected chi connectivity index (χ3v) is 5.29. The predicted molar refractivity (Wildman–Crippen MR) is 97.3 cm³/mol. The Hall–Kier alpha value is -1.84. The van der Waals surface area contributed by atoms with Crippen LogP contribution in [0, 0.1) is 17.1 Å². The van der Waals surface area contributed by atoms with E-state index in [-0.39, 0.29) is 11.1 Å². The fourth-order valence-corrected chi connectivity index (χ4v) is 3.12. The number of halogens is 1. The quantitative estimate of drug-likeness (QED) is 0.743. The summed E-state index contributed by atoms with van der Waals surface area (Å²) >= 11 is 0. The fraction of sp³-hybridized carbons (Fsp3) is 0.526. The number of benzene rings is 1. The molecule has 0 atom stereocenters. The first kappa shape index (κ1) is 18.0. The van der Waals surface area contributed by atoms with Crippen LogP contribution in [0.15, 0.2) is 18.3 Å². The third-order valence-electron chi connectivity index (χ3n) is 5.29. The first-order valence-electron chi connectivity index (χ1n) is 8.49. The van der Waals surface area contributed by atoms with Crippen LogP contribution in [0.1, 0.15) is 54.0 Å². The van der Waals surface area contributed by atoms with E-state index in [4.69, 9.17) is 9.31 Å². The summed E-state index contributed by atoms with van der Waals surface area (Å²) in [5.41, 5.74) is 0.201. The van der Waals surface area contributed by atoms with Crippen molar-refractivity contribution < 1.29 is 13.7 Å². The van der Waals surface area contributed by atoms with E-state index in [9.17, 15) is 9.65 Å². The topological polar surface area (TPSA) is 47.2 Å². The molecule has 0 amide bonds. The predicted octanol–water partition coefficient (Wildman–Crippen LogP) is 3.71. The lowest BCUT2D eigenvalue weighted by Gasteiger charge is -2.32. The van der Waals surface area contributed by atoms with Crippen LogP contribution < -0.4 is 5.46 Å². The van der Waals surface area contributed by atoms with E-state index in [1.165, 1.54) is 6.07 Å². The molecule has 1 fully saturated rings. The number of hydrogen-bond donors (Lipinski definition) is 0. The summed E-state index contributed by atoms with van der Waals surface area (Å²) in [6.45, 7) is 14.0. The van der Waals surface area contributed by atoms with E-state index in [1.54, 1.807) is 6.07 Å². The van der Waals surface area contributed by atoms with E-state index < -0.39 is 24.1 Å². The van der Waals surface area contributed by atoms with E-state index in [1.807, 2.05) is 65.3 Å². The monoisotopic (exact) mass is 342 g/mol. The van der Waals surface area contributed by atoms with Crippen molar-refractivity contribution in [2.24, 2.45) is 0 Å². The first-order chi connectivity index (χ1) is 11.4. The van der Waals surface area contributed by atoms with E-state index in [0.29, 0.717) is 5.52 Å². The maximum Gasteiger partial charge on any atom is 0.497 e. The molecule has 3 rings (SSSR count). The van der Waals surface area contributed by atoms with Gasteiger partial charge in [0.05, 0.1) is 16.7 Å². The fourth-order valence-electron chi connectivity index (χ4n) is 3.12. The van der Waals surface area contributed by atoms with Gasteiger partial charge in [-0.2, -0.15) is 5.26 Å². The lowest BCUT2D eigenvalue weighted by Crippen LogP contribution is -2.41. The molecule has 0 N–H and O–H groups in total. The minimum Gasteiger partial charge on any atom is -0.399 e. The number of hydrogen-bond acceptors (Lipinski definition) is 3. The molecule has 0 aliphatic carbocycles. The molecule has 2 heterocycles.